The van der Waals surface area contributed by atoms with Gasteiger partial charge in [-0.25, -0.2) is 0 Å². The third kappa shape index (κ3) is 3.03. The molecule has 1 amide bonds. The Morgan fingerprint density at radius 1 is 1.44 bits per heavy atom. The number of hydrogen-bond donors (Lipinski definition) is 1. The van der Waals surface area contributed by atoms with Gasteiger partial charge in [0.05, 0.1) is 18.7 Å². The van der Waals surface area contributed by atoms with E-state index in [1.807, 2.05) is 19.1 Å². The number of benzene rings is 1. The summed E-state index contributed by atoms with van der Waals surface area (Å²) >= 11 is 6.34. The molecule has 0 heterocycles. The molecule has 1 aromatic carbocycles. The highest BCUT2D eigenvalue weighted by Gasteiger charge is 2.26. The Morgan fingerprint density at radius 3 is 2.50 bits per heavy atom. The fraction of sp³-hybridized carbons (Fsp3) is 0.357. The molecule has 1 rings (SSSR count). The van der Waals surface area contributed by atoms with Gasteiger partial charge in [0.15, 0.2) is 0 Å². The van der Waals surface area contributed by atoms with Gasteiger partial charge in [0.2, 0.25) is 0 Å². The lowest BCUT2D eigenvalue weighted by molar-refractivity contribution is 0.0957. The first-order valence-electron chi connectivity index (χ1n) is 6.06. The van der Waals surface area contributed by atoms with Gasteiger partial charge in [0, 0.05) is 6.54 Å². The molecule has 1 aromatic rings. The molecule has 0 fully saturated rings. The Balaban J connectivity index is 3.50. The number of nitrogens with one attached hydrogen (secondary N) is 1. The first-order chi connectivity index (χ1) is 8.32. The Labute approximate surface area is 115 Å². The van der Waals surface area contributed by atoms with E-state index in [4.69, 9.17) is 11.6 Å². The van der Waals surface area contributed by atoms with Crippen LogP contribution in [0.1, 0.15) is 22.8 Å². The second-order valence-electron chi connectivity index (χ2n) is 5.20. The highest BCUT2D eigenvalue weighted by Crippen LogP contribution is 2.23. The average molecular weight is 282 g/mol. The van der Waals surface area contributed by atoms with Crippen molar-refractivity contribution >= 4 is 36.8 Å². The third-order valence-electron chi connectivity index (χ3n) is 2.76. The van der Waals surface area contributed by atoms with Crippen LogP contribution in [0.3, 0.4) is 0 Å². The number of carbonyl (C=O) groups excluding carboxylic acids is 1. The topological polar surface area (TPSA) is 29.1 Å². The van der Waals surface area contributed by atoms with Crippen molar-refractivity contribution in [1.82, 2.24) is 5.32 Å². The number of hydrogen-bond acceptors (Lipinski definition) is 1. The van der Waals surface area contributed by atoms with E-state index in [-0.39, 0.29) is 5.91 Å². The lowest BCUT2D eigenvalue weighted by Crippen LogP contribution is -2.43. The van der Waals surface area contributed by atoms with Gasteiger partial charge >= 0.3 is 0 Å². The lowest BCUT2D eigenvalue weighted by atomic mass is 10.1. The molecule has 0 aliphatic rings. The summed E-state index contributed by atoms with van der Waals surface area (Å²) in [5.74, 6) is -0.0939. The summed E-state index contributed by atoms with van der Waals surface area (Å²) in [4.78, 5) is 12.2. The van der Waals surface area contributed by atoms with Crippen LogP contribution in [0.25, 0.3) is 6.08 Å². The second kappa shape index (κ2) is 5.72. The molecule has 0 spiro atoms. The van der Waals surface area contributed by atoms with Crippen molar-refractivity contribution in [2.24, 2.45) is 0 Å². The van der Waals surface area contributed by atoms with Crippen LogP contribution in [-0.2, 0) is 0 Å². The van der Waals surface area contributed by atoms with Gasteiger partial charge in [0.25, 0.3) is 5.91 Å². The quantitative estimate of drug-likeness (QED) is 0.843. The number of halogens is 1. The van der Waals surface area contributed by atoms with Crippen LogP contribution in [0.15, 0.2) is 18.7 Å². The Morgan fingerprint density at radius 2 is 2.06 bits per heavy atom. The minimum absolute atomic E-state index is 0.0939. The van der Waals surface area contributed by atoms with Crippen LogP contribution < -0.4 is 10.5 Å². The summed E-state index contributed by atoms with van der Waals surface area (Å²) in [6.07, 6.45) is 1.68. The normalized spacial score (nSPS) is 11.2. The maximum atomic E-state index is 12.2. The zero-order valence-corrected chi connectivity index (χ0v) is 13.2. The van der Waals surface area contributed by atoms with Gasteiger partial charge in [-0.1, -0.05) is 56.0 Å². The summed E-state index contributed by atoms with van der Waals surface area (Å²) in [5, 5.41) is 4.43. The van der Waals surface area contributed by atoms with Gasteiger partial charge in [-0.3, -0.25) is 4.79 Å². The zero-order chi connectivity index (χ0) is 13.9. The molecule has 4 heteroatoms. The number of rotatable bonds is 4. The molecule has 1 N–H and O–H groups in total. The molecule has 0 saturated carbocycles. The molecule has 0 radical (unpaired) electrons. The van der Waals surface area contributed by atoms with Crippen molar-refractivity contribution in [3.05, 3.63) is 34.9 Å². The van der Waals surface area contributed by atoms with E-state index in [1.165, 1.54) is 0 Å². The fourth-order valence-electron chi connectivity index (χ4n) is 1.85. The Bertz CT molecular complexity index is 477. The van der Waals surface area contributed by atoms with Crippen LogP contribution in [0.4, 0.5) is 0 Å². The number of carbonyl (C=O) groups is 1. The maximum absolute atomic E-state index is 12.2. The van der Waals surface area contributed by atoms with E-state index in [0.29, 0.717) is 17.1 Å². The van der Waals surface area contributed by atoms with Crippen molar-refractivity contribution in [2.45, 2.75) is 26.6 Å². The summed E-state index contributed by atoms with van der Waals surface area (Å²) in [6.45, 7) is 12.8. The molecule has 0 aliphatic heterocycles. The third-order valence-corrected chi connectivity index (χ3v) is 5.20. The van der Waals surface area contributed by atoms with E-state index in [0.717, 1.165) is 10.8 Å². The Hall–Kier alpha value is -1.06. The molecule has 0 bridgehead atoms. The largest absolute Gasteiger partial charge is 0.352 e. The molecule has 0 unspecified atom stereocenters. The van der Waals surface area contributed by atoms with Crippen molar-refractivity contribution in [3.63, 3.8) is 0 Å². The monoisotopic (exact) mass is 281 g/mol. The summed E-state index contributed by atoms with van der Waals surface area (Å²) < 4.78 is 0. The van der Waals surface area contributed by atoms with Gasteiger partial charge < -0.3 is 5.32 Å². The molecule has 18 heavy (non-hydrogen) atoms. The molecule has 2 nitrogen and oxygen atoms in total. The Kier molecular flexibility index (Phi) is 4.76. The van der Waals surface area contributed by atoms with Crippen LogP contribution in [0, 0.1) is 0 Å². The average Bonchev–Trinajstić information content (AvgIpc) is 2.27. The van der Waals surface area contributed by atoms with E-state index in [1.54, 1.807) is 6.08 Å². The minimum Gasteiger partial charge on any atom is -0.352 e. The highest BCUT2D eigenvalue weighted by molar-refractivity contribution is 6.89. The van der Waals surface area contributed by atoms with Crippen molar-refractivity contribution in [3.8, 4) is 0 Å². The van der Waals surface area contributed by atoms with E-state index in [2.05, 4.69) is 31.5 Å². The molecule has 98 valence electrons. The van der Waals surface area contributed by atoms with E-state index in [9.17, 15) is 4.79 Å². The SMILES string of the molecule is C=Cc1ccc([Si](C)(C)C)c(C(=O)NCC)c1Cl. The predicted molar refractivity (Wildman–Crippen MR) is 82.5 cm³/mol. The molecule has 0 aliphatic carbocycles. The predicted octanol–water partition coefficient (Wildman–Crippen LogP) is 3.28. The zero-order valence-electron chi connectivity index (χ0n) is 11.4. The smallest absolute Gasteiger partial charge is 0.252 e. The minimum atomic E-state index is -1.62. The van der Waals surface area contributed by atoms with Crippen molar-refractivity contribution < 1.29 is 4.79 Å². The van der Waals surface area contributed by atoms with E-state index < -0.39 is 8.07 Å². The van der Waals surface area contributed by atoms with Gasteiger partial charge in [-0.2, -0.15) is 0 Å². The summed E-state index contributed by atoms with van der Waals surface area (Å²) in [6, 6.07) is 3.95. The lowest BCUT2D eigenvalue weighted by Gasteiger charge is -2.22. The van der Waals surface area contributed by atoms with Crippen LogP contribution in [0.5, 0.6) is 0 Å². The highest BCUT2D eigenvalue weighted by atomic mass is 35.5. The van der Waals surface area contributed by atoms with Gasteiger partial charge in [-0.05, 0) is 17.7 Å². The molecule has 0 atom stereocenters. The van der Waals surface area contributed by atoms with Crippen LogP contribution >= 0.6 is 11.6 Å². The fourth-order valence-corrected chi connectivity index (χ4v) is 3.82. The standard InChI is InChI=1S/C14H20ClNOSi/c1-6-10-8-9-11(18(3,4)5)12(13(10)15)14(17)16-7-2/h6,8-9H,1,7H2,2-5H3,(H,16,17). The molecular formula is C14H20ClNOSi. The molecule has 0 saturated heterocycles. The van der Waals surface area contributed by atoms with E-state index >= 15 is 0 Å². The van der Waals surface area contributed by atoms with Gasteiger partial charge in [0.1, 0.15) is 0 Å². The van der Waals surface area contributed by atoms with Crippen LogP contribution in [0.2, 0.25) is 24.7 Å². The molecule has 0 aromatic heterocycles. The molecular weight excluding hydrogens is 262 g/mol. The maximum Gasteiger partial charge on any atom is 0.252 e. The van der Waals surface area contributed by atoms with Crippen molar-refractivity contribution in [2.75, 3.05) is 6.54 Å². The number of amides is 1. The summed E-state index contributed by atoms with van der Waals surface area (Å²) in [7, 11) is -1.62. The van der Waals surface area contributed by atoms with Crippen LogP contribution in [-0.4, -0.2) is 20.5 Å². The van der Waals surface area contributed by atoms with Gasteiger partial charge in [-0.15, -0.1) is 0 Å². The van der Waals surface area contributed by atoms with Crippen molar-refractivity contribution in [1.29, 1.82) is 0 Å². The first-order valence-corrected chi connectivity index (χ1v) is 9.94. The summed E-state index contributed by atoms with van der Waals surface area (Å²) in [5.41, 5.74) is 1.43. The first kappa shape index (κ1) is 15.0. The second-order valence-corrected chi connectivity index (χ2v) is 10.6.